The van der Waals surface area contributed by atoms with E-state index in [0.717, 1.165) is 10.0 Å². The summed E-state index contributed by atoms with van der Waals surface area (Å²) in [6.07, 6.45) is 4.29. The van der Waals surface area contributed by atoms with E-state index in [9.17, 15) is 4.39 Å². The number of hydrogen-bond donors (Lipinski definition) is 2. The van der Waals surface area contributed by atoms with Crippen molar-refractivity contribution in [1.82, 2.24) is 5.43 Å². The first-order valence-electron chi connectivity index (χ1n) is 6.69. The number of hydrazine groups is 1. The fourth-order valence-corrected chi connectivity index (χ4v) is 4.41. The van der Waals surface area contributed by atoms with Crippen LogP contribution in [-0.4, -0.2) is 0 Å². The van der Waals surface area contributed by atoms with Crippen molar-refractivity contribution in [2.45, 2.75) is 31.7 Å². The Bertz CT molecular complexity index is 605. The number of rotatable bonds is 4. The molecule has 3 N–H and O–H groups in total. The fraction of sp³-hybridized carbons (Fsp3) is 0.333. The van der Waals surface area contributed by atoms with Crippen molar-refractivity contribution in [1.29, 1.82) is 0 Å². The Balaban J connectivity index is 1.84. The summed E-state index contributed by atoms with van der Waals surface area (Å²) >= 11 is 5.31. The Morgan fingerprint density at radius 3 is 2.95 bits per heavy atom. The first-order valence-corrected chi connectivity index (χ1v) is 8.30. The van der Waals surface area contributed by atoms with Gasteiger partial charge in [0.25, 0.3) is 0 Å². The van der Waals surface area contributed by atoms with Gasteiger partial charge in [0.05, 0.1) is 6.04 Å². The number of thiophene rings is 1. The molecule has 1 aromatic heterocycles. The van der Waals surface area contributed by atoms with Crippen LogP contribution in [-0.2, 0) is 19.3 Å². The van der Waals surface area contributed by atoms with Crippen molar-refractivity contribution < 1.29 is 4.39 Å². The van der Waals surface area contributed by atoms with Gasteiger partial charge in [0.2, 0.25) is 0 Å². The van der Waals surface area contributed by atoms with Crippen molar-refractivity contribution in [2.24, 2.45) is 5.84 Å². The maximum atomic E-state index is 13.4. The smallest absolute Gasteiger partial charge is 0.123 e. The molecule has 106 valence electrons. The van der Waals surface area contributed by atoms with Gasteiger partial charge in [0.1, 0.15) is 5.82 Å². The number of aryl methyl sites for hydroxylation is 2. The molecule has 0 saturated heterocycles. The lowest BCUT2D eigenvalue weighted by atomic mass is 10.0. The molecule has 1 atom stereocenters. The lowest BCUT2D eigenvalue weighted by Gasteiger charge is -2.15. The third kappa shape index (κ3) is 2.81. The Kier molecular flexibility index (Phi) is 4.21. The molecule has 1 aliphatic rings. The summed E-state index contributed by atoms with van der Waals surface area (Å²) in [5, 5.41) is 0. The number of fused-ring (bicyclic) bond motifs is 1. The highest BCUT2D eigenvalue weighted by Gasteiger charge is 2.20. The molecule has 0 bridgehead atoms. The molecule has 1 unspecified atom stereocenters. The molecule has 2 aromatic rings. The molecule has 3 rings (SSSR count). The summed E-state index contributed by atoms with van der Waals surface area (Å²) < 4.78 is 14.3. The average molecular weight is 355 g/mol. The summed E-state index contributed by atoms with van der Waals surface area (Å²) in [7, 11) is 0. The minimum Gasteiger partial charge on any atom is -0.271 e. The molecule has 2 nitrogen and oxygen atoms in total. The molecule has 20 heavy (non-hydrogen) atoms. The highest BCUT2D eigenvalue weighted by Crippen LogP contribution is 2.35. The van der Waals surface area contributed by atoms with Crippen LogP contribution in [0.4, 0.5) is 4.39 Å². The van der Waals surface area contributed by atoms with Crippen LogP contribution in [0, 0.1) is 5.82 Å². The molecule has 0 amide bonds. The van der Waals surface area contributed by atoms with Crippen LogP contribution in [0.25, 0.3) is 0 Å². The molecule has 1 aromatic carbocycles. The van der Waals surface area contributed by atoms with E-state index in [4.69, 9.17) is 5.84 Å². The predicted molar refractivity (Wildman–Crippen MR) is 84.2 cm³/mol. The highest BCUT2D eigenvalue weighted by molar-refractivity contribution is 9.10. The van der Waals surface area contributed by atoms with E-state index in [0.29, 0.717) is 6.42 Å². The van der Waals surface area contributed by atoms with Crippen molar-refractivity contribution >= 4 is 27.3 Å². The van der Waals surface area contributed by atoms with E-state index in [1.54, 1.807) is 12.1 Å². The van der Waals surface area contributed by atoms with E-state index in [2.05, 4.69) is 27.4 Å². The zero-order chi connectivity index (χ0) is 14.1. The Morgan fingerprint density at radius 1 is 1.35 bits per heavy atom. The van der Waals surface area contributed by atoms with E-state index in [1.165, 1.54) is 40.6 Å². The molecule has 1 heterocycles. The summed E-state index contributed by atoms with van der Waals surface area (Å²) in [6.45, 7) is 0. The second kappa shape index (κ2) is 5.93. The van der Waals surface area contributed by atoms with Gasteiger partial charge in [-0.2, -0.15) is 0 Å². The average Bonchev–Trinajstić information content (AvgIpc) is 3.00. The van der Waals surface area contributed by atoms with Gasteiger partial charge in [-0.25, -0.2) is 4.39 Å². The molecular weight excluding hydrogens is 339 g/mol. The van der Waals surface area contributed by atoms with Gasteiger partial charge in [-0.3, -0.25) is 11.3 Å². The van der Waals surface area contributed by atoms with E-state index in [1.807, 2.05) is 11.3 Å². The van der Waals surface area contributed by atoms with Crippen LogP contribution in [0.15, 0.2) is 28.7 Å². The number of nitrogens with two attached hydrogens (primary N) is 1. The van der Waals surface area contributed by atoms with E-state index >= 15 is 0 Å². The first-order chi connectivity index (χ1) is 9.67. The monoisotopic (exact) mass is 354 g/mol. The number of halogens is 2. The largest absolute Gasteiger partial charge is 0.271 e. The molecule has 0 aliphatic heterocycles. The van der Waals surface area contributed by atoms with Crippen molar-refractivity contribution in [3.63, 3.8) is 0 Å². The quantitative estimate of drug-likeness (QED) is 0.645. The maximum Gasteiger partial charge on any atom is 0.123 e. The predicted octanol–water partition coefficient (Wildman–Crippen LogP) is 3.89. The minimum atomic E-state index is -0.215. The maximum absolute atomic E-state index is 13.4. The first kappa shape index (κ1) is 14.2. The number of benzene rings is 1. The Labute approximate surface area is 130 Å². The summed E-state index contributed by atoms with van der Waals surface area (Å²) in [4.78, 5) is 2.73. The van der Waals surface area contributed by atoms with Crippen LogP contribution >= 0.6 is 27.3 Å². The Morgan fingerprint density at radius 2 is 2.20 bits per heavy atom. The molecule has 1 aliphatic carbocycles. The second-order valence-electron chi connectivity index (χ2n) is 5.11. The van der Waals surface area contributed by atoms with Crippen LogP contribution in [0.2, 0.25) is 0 Å². The lowest BCUT2D eigenvalue weighted by Crippen LogP contribution is -2.29. The summed E-state index contributed by atoms with van der Waals surface area (Å²) in [5.41, 5.74) is 5.26. The Hall–Kier alpha value is -0.750. The molecule has 5 heteroatoms. The molecular formula is C15H16BrFN2S. The van der Waals surface area contributed by atoms with Gasteiger partial charge in [0.15, 0.2) is 0 Å². The molecule has 0 radical (unpaired) electrons. The molecule has 0 spiro atoms. The van der Waals surface area contributed by atoms with Crippen LogP contribution in [0.3, 0.4) is 0 Å². The van der Waals surface area contributed by atoms with Gasteiger partial charge in [-0.15, -0.1) is 11.3 Å². The van der Waals surface area contributed by atoms with Crippen LogP contribution in [0.5, 0.6) is 0 Å². The van der Waals surface area contributed by atoms with E-state index < -0.39 is 0 Å². The molecule has 0 fully saturated rings. The van der Waals surface area contributed by atoms with Crippen LogP contribution in [0.1, 0.15) is 33.3 Å². The fourth-order valence-electron chi connectivity index (χ4n) is 2.69. The van der Waals surface area contributed by atoms with Crippen LogP contribution < -0.4 is 11.3 Å². The normalized spacial score (nSPS) is 15.3. The minimum absolute atomic E-state index is 0.0312. The third-order valence-electron chi connectivity index (χ3n) is 3.74. The second-order valence-corrected chi connectivity index (χ2v) is 7.13. The van der Waals surface area contributed by atoms with Gasteiger partial charge in [-0.05, 0) is 61.1 Å². The van der Waals surface area contributed by atoms with E-state index in [-0.39, 0.29) is 11.9 Å². The zero-order valence-electron chi connectivity index (χ0n) is 11.0. The van der Waals surface area contributed by atoms with Crippen molar-refractivity contribution in [2.75, 3.05) is 0 Å². The summed E-state index contributed by atoms with van der Waals surface area (Å²) in [6, 6.07) is 7.05. The SMILES string of the molecule is NNC(Cc1cc(F)ccc1Br)c1cc2c(s1)CCC2. The van der Waals surface area contributed by atoms with Crippen molar-refractivity contribution in [3.8, 4) is 0 Å². The van der Waals surface area contributed by atoms with Gasteiger partial charge in [0, 0.05) is 14.2 Å². The number of hydrogen-bond acceptors (Lipinski definition) is 3. The molecule has 0 saturated carbocycles. The standard InChI is InChI=1S/C15H16BrFN2S/c16-12-5-4-11(17)6-10(12)7-13(19-18)15-8-9-2-1-3-14(9)20-15/h4-6,8,13,19H,1-3,7,18H2. The van der Waals surface area contributed by atoms with Gasteiger partial charge in [-0.1, -0.05) is 15.9 Å². The topological polar surface area (TPSA) is 38.0 Å². The van der Waals surface area contributed by atoms with Gasteiger partial charge >= 0.3 is 0 Å². The highest BCUT2D eigenvalue weighted by atomic mass is 79.9. The van der Waals surface area contributed by atoms with Crippen molar-refractivity contribution in [3.05, 3.63) is 55.4 Å². The number of nitrogens with one attached hydrogen (secondary N) is 1. The zero-order valence-corrected chi connectivity index (χ0v) is 13.4. The summed E-state index contributed by atoms with van der Waals surface area (Å²) in [5.74, 6) is 5.49. The third-order valence-corrected chi connectivity index (χ3v) is 5.87. The van der Waals surface area contributed by atoms with Gasteiger partial charge < -0.3 is 0 Å². The lowest BCUT2D eigenvalue weighted by molar-refractivity contribution is 0.555.